The third-order valence-corrected chi connectivity index (χ3v) is 3.22. The van der Waals surface area contributed by atoms with Crippen LogP contribution in [0, 0.1) is 0 Å². The van der Waals surface area contributed by atoms with Crippen LogP contribution >= 0.6 is 0 Å². The Morgan fingerprint density at radius 2 is 1.83 bits per heavy atom. The van der Waals surface area contributed by atoms with Crippen molar-refractivity contribution in [3.8, 4) is 0 Å². The van der Waals surface area contributed by atoms with Gasteiger partial charge in [0.25, 0.3) is 0 Å². The summed E-state index contributed by atoms with van der Waals surface area (Å²) in [7, 11) is 0. The summed E-state index contributed by atoms with van der Waals surface area (Å²) < 4.78 is 10.2. The summed E-state index contributed by atoms with van der Waals surface area (Å²) in [4.78, 5) is 35.6. The second-order valence-electron chi connectivity index (χ2n) is 4.88. The number of hydrogen-bond acceptors (Lipinski definition) is 5. The van der Waals surface area contributed by atoms with Gasteiger partial charge in [0.15, 0.2) is 0 Å². The third kappa shape index (κ3) is 4.09. The molecule has 7 heteroatoms. The lowest BCUT2D eigenvalue weighted by Gasteiger charge is -2.26. The number of nitrogens with one attached hydrogen (secondary N) is 2. The van der Waals surface area contributed by atoms with E-state index in [1.165, 1.54) is 0 Å². The number of urea groups is 1. The molecular formula is C16H18N2O5. The van der Waals surface area contributed by atoms with Crippen molar-refractivity contribution in [2.75, 3.05) is 13.2 Å². The second-order valence-corrected chi connectivity index (χ2v) is 4.88. The Balaban J connectivity index is 2.15. The third-order valence-electron chi connectivity index (χ3n) is 3.22. The number of carbonyl (C=O) groups is 3. The maximum Gasteiger partial charge on any atom is 0.338 e. The maximum absolute atomic E-state index is 12.0. The topological polar surface area (TPSA) is 93.7 Å². The Bertz CT molecular complexity index is 639. The Labute approximate surface area is 133 Å². The molecule has 0 saturated carbocycles. The van der Waals surface area contributed by atoms with E-state index < -0.39 is 24.0 Å². The highest BCUT2D eigenvalue weighted by atomic mass is 16.5. The predicted molar refractivity (Wildman–Crippen MR) is 81.5 cm³/mol. The smallest absolute Gasteiger partial charge is 0.338 e. The van der Waals surface area contributed by atoms with Crippen molar-refractivity contribution in [2.24, 2.45) is 0 Å². The van der Waals surface area contributed by atoms with Crippen molar-refractivity contribution in [3.05, 3.63) is 47.2 Å². The van der Waals surface area contributed by atoms with Crippen LogP contribution in [0.25, 0.3) is 0 Å². The van der Waals surface area contributed by atoms with Crippen molar-refractivity contribution >= 4 is 18.0 Å². The van der Waals surface area contributed by atoms with E-state index in [9.17, 15) is 14.4 Å². The summed E-state index contributed by atoms with van der Waals surface area (Å²) in [5.41, 5.74) is 0.857. The molecule has 0 unspecified atom stereocenters. The molecule has 0 spiro atoms. The maximum atomic E-state index is 12.0. The van der Waals surface area contributed by atoms with E-state index >= 15 is 0 Å². The lowest BCUT2D eigenvalue weighted by molar-refractivity contribution is -0.139. The first-order valence-electron chi connectivity index (χ1n) is 7.22. The molecule has 0 fully saturated rings. The van der Waals surface area contributed by atoms with Crippen molar-refractivity contribution in [3.63, 3.8) is 0 Å². The zero-order valence-electron chi connectivity index (χ0n) is 12.9. The number of carbonyl (C=O) groups excluding carboxylic acids is 3. The van der Waals surface area contributed by atoms with Crippen molar-refractivity contribution in [1.29, 1.82) is 0 Å². The van der Waals surface area contributed by atoms with Crippen LogP contribution in [0.5, 0.6) is 0 Å². The van der Waals surface area contributed by atoms with E-state index in [2.05, 4.69) is 10.6 Å². The number of rotatable bonds is 5. The quantitative estimate of drug-likeness (QED) is 0.800. The summed E-state index contributed by atoms with van der Waals surface area (Å²) in [6.45, 7) is 3.33. The van der Waals surface area contributed by atoms with Crippen LogP contribution in [0.4, 0.5) is 4.79 Å². The van der Waals surface area contributed by atoms with E-state index in [0.717, 1.165) is 0 Å². The van der Waals surface area contributed by atoms with Crippen LogP contribution < -0.4 is 10.6 Å². The standard InChI is InChI=1S/C16H18N2O5/c1-3-22-15(20)13-10(2)17-16(21)18-12(13)9-23-14(19)11-7-5-4-6-8-11/h4-8,10H,3,9H2,1-2H3,(H2,17,18,21)/t10-/m0/s1. The molecular weight excluding hydrogens is 300 g/mol. The minimum Gasteiger partial charge on any atom is -0.463 e. The van der Waals surface area contributed by atoms with Gasteiger partial charge in [-0.25, -0.2) is 14.4 Å². The molecule has 0 aliphatic carbocycles. The second kappa shape index (κ2) is 7.44. The first-order valence-corrected chi connectivity index (χ1v) is 7.22. The van der Waals surface area contributed by atoms with Crippen molar-refractivity contribution < 1.29 is 23.9 Å². The van der Waals surface area contributed by atoms with Gasteiger partial charge < -0.3 is 20.1 Å². The number of ether oxygens (including phenoxy) is 2. The Hall–Kier alpha value is -2.83. The molecule has 2 rings (SSSR count). The SMILES string of the molecule is CCOC(=O)C1=C(COC(=O)c2ccccc2)NC(=O)N[C@H]1C. The molecule has 1 atom stereocenters. The first kappa shape index (κ1) is 16.5. The Kier molecular flexibility index (Phi) is 5.35. The average molecular weight is 318 g/mol. The van der Waals surface area contributed by atoms with Gasteiger partial charge in [-0.2, -0.15) is 0 Å². The monoisotopic (exact) mass is 318 g/mol. The predicted octanol–water partition coefficient (Wildman–Crippen LogP) is 1.36. The van der Waals surface area contributed by atoms with E-state index in [1.54, 1.807) is 44.2 Å². The minimum atomic E-state index is -0.557. The summed E-state index contributed by atoms with van der Waals surface area (Å²) in [5.74, 6) is -1.10. The summed E-state index contributed by atoms with van der Waals surface area (Å²) in [6.07, 6.45) is 0. The van der Waals surface area contributed by atoms with E-state index in [-0.39, 0.29) is 24.5 Å². The van der Waals surface area contributed by atoms with E-state index in [4.69, 9.17) is 9.47 Å². The van der Waals surface area contributed by atoms with Gasteiger partial charge in [0, 0.05) is 0 Å². The van der Waals surface area contributed by atoms with Gasteiger partial charge in [0.2, 0.25) is 0 Å². The lowest BCUT2D eigenvalue weighted by Crippen LogP contribution is -2.50. The highest BCUT2D eigenvalue weighted by Crippen LogP contribution is 2.15. The average Bonchev–Trinajstić information content (AvgIpc) is 2.53. The lowest BCUT2D eigenvalue weighted by atomic mass is 10.0. The summed E-state index contributed by atoms with van der Waals surface area (Å²) in [6, 6.07) is 7.46. The fourth-order valence-electron chi connectivity index (χ4n) is 2.19. The van der Waals surface area contributed by atoms with Gasteiger partial charge >= 0.3 is 18.0 Å². The number of amides is 2. The van der Waals surface area contributed by atoms with Gasteiger partial charge in [-0.3, -0.25) is 0 Å². The number of esters is 2. The van der Waals surface area contributed by atoms with Crippen molar-refractivity contribution in [2.45, 2.75) is 19.9 Å². The summed E-state index contributed by atoms with van der Waals surface area (Å²) in [5, 5.41) is 5.06. The fraction of sp³-hybridized carbons (Fsp3) is 0.312. The van der Waals surface area contributed by atoms with Crippen LogP contribution in [0.2, 0.25) is 0 Å². The molecule has 1 heterocycles. The molecule has 2 amide bonds. The molecule has 122 valence electrons. The molecule has 1 aromatic rings. The van der Waals surface area contributed by atoms with Gasteiger partial charge in [-0.05, 0) is 26.0 Å². The summed E-state index contributed by atoms with van der Waals surface area (Å²) >= 11 is 0. The zero-order valence-corrected chi connectivity index (χ0v) is 12.9. The molecule has 1 aliphatic heterocycles. The highest BCUT2D eigenvalue weighted by Gasteiger charge is 2.30. The molecule has 0 aromatic heterocycles. The highest BCUT2D eigenvalue weighted by molar-refractivity contribution is 5.95. The number of hydrogen-bond donors (Lipinski definition) is 2. The fourth-order valence-corrected chi connectivity index (χ4v) is 2.19. The minimum absolute atomic E-state index is 0.208. The zero-order chi connectivity index (χ0) is 16.8. The normalized spacial score (nSPS) is 17.1. The molecule has 1 aliphatic rings. The van der Waals surface area contributed by atoms with Gasteiger partial charge in [-0.15, -0.1) is 0 Å². The van der Waals surface area contributed by atoms with Crippen LogP contribution in [0.3, 0.4) is 0 Å². The van der Waals surface area contributed by atoms with Crippen LogP contribution in [0.1, 0.15) is 24.2 Å². The molecule has 0 radical (unpaired) electrons. The molecule has 23 heavy (non-hydrogen) atoms. The van der Waals surface area contributed by atoms with Crippen LogP contribution in [0.15, 0.2) is 41.6 Å². The molecule has 1 aromatic carbocycles. The molecule has 0 saturated heterocycles. The van der Waals surface area contributed by atoms with Crippen LogP contribution in [-0.4, -0.2) is 37.2 Å². The van der Waals surface area contributed by atoms with Crippen molar-refractivity contribution in [1.82, 2.24) is 10.6 Å². The van der Waals surface area contributed by atoms with Gasteiger partial charge in [-0.1, -0.05) is 18.2 Å². The number of benzene rings is 1. The molecule has 7 nitrogen and oxygen atoms in total. The first-order chi connectivity index (χ1) is 11.0. The molecule has 2 N–H and O–H groups in total. The van der Waals surface area contributed by atoms with E-state index in [1.807, 2.05) is 0 Å². The van der Waals surface area contributed by atoms with Crippen LogP contribution in [-0.2, 0) is 14.3 Å². The largest absolute Gasteiger partial charge is 0.463 e. The Morgan fingerprint density at radius 1 is 1.13 bits per heavy atom. The Morgan fingerprint density at radius 3 is 2.48 bits per heavy atom. The molecule has 0 bridgehead atoms. The van der Waals surface area contributed by atoms with E-state index in [0.29, 0.717) is 5.56 Å². The van der Waals surface area contributed by atoms with Gasteiger partial charge in [0.1, 0.15) is 6.61 Å². The van der Waals surface area contributed by atoms with Gasteiger partial charge in [0.05, 0.1) is 29.5 Å².